The van der Waals surface area contributed by atoms with Gasteiger partial charge in [-0.1, -0.05) is 38.5 Å². The fraction of sp³-hybridized carbons (Fsp3) is 0.438. The lowest BCUT2D eigenvalue weighted by Crippen LogP contribution is -2.11. The summed E-state index contributed by atoms with van der Waals surface area (Å²) < 4.78 is 5.86. The van der Waals surface area contributed by atoms with E-state index in [9.17, 15) is 0 Å². The van der Waals surface area contributed by atoms with Crippen LogP contribution in [0.15, 0.2) is 30.3 Å². The van der Waals surface area contributed by atoms with Gasteiger partial charge in [0.1, 0.15) is 0 Å². The molecule has 0 bridgehead atoms. The molecule has 3 heteroatoms. The second kappa shape index (κ2) is 6.53. The van der Waals surface area contributed by atoms with Crippen LogP contribution in [0, 0.1) is 5.92 Å². The highest BCUT2D eigenvalue weighted by Gasteiger charge is 2.09. The van der Waals surface area contributed by atoms with E-state index in [1.807, 2.05) is 24.3 Å². The summed E-state index contributed by atoms with van der Waals surface area (Å²) in [6, 6.07) is 10.1. The summed E-state index contributed by atoms with van der Waals surface area (Å²) in [6.07, 6.45) is 2.35. The van der Waals surface area contributed by atoms with Crippen molar-refractivity contribution in [3.05, 3.63) is 35.9 Å². The smallest absolute Gasteiger partial charge is 0.218 e. The van der Waals surface area contributed by atoms with Crippen molar-refractivity contribution >= 4 is 10.9 Å². The minimum absolute atomic E-state index is 0.454. The van der Waals surface area contributed by atoms with Gasteiger partial charge in [-0.05, 0) is 24.5 Å². The van der Waals surface area contributed by atoms with Gasteiger partial charge in [0.15, 0.2) is 0 Å². The minimum atomic E-state index is 0.454. The van der Waals surface area contributed by atoms with E-state index >= 15 is 0 Å². The first kappa shape index (κ1) is 13.8. The monoisotopic (exact) mass is 258 g/mol. The van der Waals surface area contributed by atoms with Crippen LogP contribution in [0.1, 0.15) is 32.3 Å². The third-order valence-electron chi connectivity index (χ3n) is 3.27. The Labute approximate surface area is 114 Å². The van der Waals surface area contributed by atoms with Crippen LogP contribution in [0.2, 0.25) is 0 Å². The summed E-state index contributed by atoms with van der Waals surface area (Å²) >= 11 is 0. The van der Waals surface area contributed by atoms with Crippen molar-refractivity contribution in [1.82, 2.24) is 4.98 Å². The molecule has 3 nitrogen and oxygen atoms in total. The lowest BCUT2D eigenvalue weighted by molar-refractivity contribution is 0.241. The van der Waals surface area contributed by atoms with Crippen LogP contribution in [0.3, 0.4) is 0 Å². The zero-order valence-corrected chi connectivity index (χ0v) is 11.7. The normalized spacial score (nSPS) is 12.6. The molecule has 102 valence electrons. The number of benzene rings is 1. The number of pyridine rings is 1. The molecular formula is C16H22N2O. The molecule has 0 amide bonds. The Bertz CT molecular complexity index is 539. The maximum Gasteiger partial charge on any atom is 0.218 e. The minimum Gasteiger partial charge on any atom is -0.477 e. The first-order chi connectivity index (χ1) is 9.24. The summed E-state index contributed by atoms with van der Waals surface area (Å²) in [5.41, 5.74) is 7.72. The SMILES string of the molecule is CCCC(C)COc1nc2ccccc2cc1CN. The number of fused-ring (bicyclic) bond motifs is 1. The zero-order valence-electron chi connectivity index (χ0n) is 11.7. The van der Waals surface area contributed by atoms with Gasteiger partial charge in [-0.25, -0.2) is 4.98 Å². The molecule has 0 radical (unpaired) electrons. The molecule has 0 spiro atoms. The van der Waals surface area contributed by atoms with Crippen molar-refractivity contribution in [3.8, 4) is 5.88 Å². The molecule has 0 aliphatic rings. The third kappa shape index (κ3) is 3.44. The van der Waals surface area contributed by atoms with Gasteiger partial charge < -0.3 is 10.5 Å². The van der Waals surface area contributed by atoms with Crippen LogP contribution in [0.5, 0.6) is 5.88 Å². The topological polar surface area (TPSA) is 48.1 Å². The van der Waals surface area contributed by atoms with E-state index in [0.29, 0.717) is 24.9 Å². The Kier molecular flexibility index (Phi) is 4.74. The van der Waals surface area contributed by atoms with Crippen LogP contribution in [-0.2, 0) is 6.54 Å². The van der Waals surface area contributed by atoms with Crippen LogP contribution in [0.25, 0.3) is 10.9 Å². The molecule has 0 aliphatic heterocycles. The van der Waals surface area contributed by atoms with Crippen molar-refractivity contribution in [2.45, 2.75) is 33.2 Å². The molecule has 1 atom stereocenters. The van der Waals surface area contributed by atoms with E-state index in [1.54, 1.807) is 0 Å². The van der Waals surface area contributed by atoms with Gasteiger partial charge in [0.05, 0.1) is 12.1 Å². The highest BCUT2D eigenvalue weighted by molar-refractivity contribution is 5.80. The molecule has 2 aromatic rings. The highest BCUT2D eigenvalue weighted by atomic mass is 16.5. The number of hydrogen-bond donors (Lipinski definition) is 1. The molecule has 1 heterocycles. The molecule has 1 unspecified atom stereocenters. The Morgan fingerprint density at radius 2 is 2.11 bits per heavy atom. The number of rotatable bonds is 6. The highest BCUT2D eigenvalue weighted by Crippen LogP contribution is 2.22. The predicted octanol–water partition coefficient (Wildman–Crippen LogP) is 3.51. The summed E-state index contributed by atoms with van der Waals surface area (Å²) in [5.74, 6) is 1.23. The Morgan fingerprint density at radius 3 is 2.84 bits per heavy atom. The fourth-order valence-electron chi connectivity index (χ4n) is 2.21. The van der Waals surface area contributed by atoms with Crippen molar-refractivity contribution in [1.29, 1.82) is 0 Å². The van der Waals surface area contributed by atoms with Gasteiger partial charge in [0.25, 0.3) is 0 Å². The Hall–Kier alpha value is -1.61. The predicted molar refractivity (Wildman–Crippen MR) is 79.2 cm³/mol. The van der Waals surface area contributed by atoms with Gasteiger partial charge in [0.2, 0.25) is 5.88 Å². The molecule has 1 aromatic carbocycles. The van der Waals surface area contributed by atoms with E-state index in [2.05, 4.69) is 24.9 Å². The van der Waals surface area contributed by atoms with Crippen LogP contribution < -0.4 is 10.5 Å². The first-order valence-electron chi connectivity index (χ1n) is 6.96. The Morgan fingerprint density at radius 1 is 1.32 bits per heavy atom. The number of para-hydroxylation sites is 1. The summed E-state index contributed by atoms with van der Waals surface area (Å²) in [7, 11) is 0. The van der Waals surface area contributed by atoms with Crippen LogP contribution >= 0.6 is 0 Å². The average Bonchev–Trinajstić information content (AvgIpc) is 2.44. The molecule has 0 aliphatic carbocycles. The molecule has 0 saturated carbocycles. The third-order valence-corrected chi connectivity index (χ3v) is 3.27. The molecule has 0 saturated heterocycles. The van der Waals surface area contributed by atoms with E-state index in [-0.39, 0.29) is 0 Å². The summed E-state index contributed by atoms with van der Waals surface area (Å²) in [4.78, 5) is 4.58. The largest absolute Gasteiger partial charge is 0.477 e. The lowest BCUT2D eigenvalue weighted by atomic mass is 10.1. The van der Waals surface area contributed by atoms with Crippen molar-refractivity contribution in [2.75, 3.05) is 6.61 Å². The van der Waals surface area contributed by atoms with E-state index < -0.39 is 0 Å². The zero-order chi connectivity index (χ0) is 13.7. The van der Waals surface area contributed by atoms with E-state index in [4.69, 9.17) is 10.5 Å². The van der Waals surface area contributed by atoms with Gasteiger partial charge >= 0.3 is 0 Å². The van der Waals surface area contributed by atoms with E-state index in [1.165, 1.54) is 12.8 Å². The lowest BCUT2D eigenvalue weighted by Gasteiger charge is -2.14. The maximum absolute atomic E-state index is 5.86. The fourth-order valence-corrected chi connectivity index (χ4v) is 2.21. The van der Waals surface area contributed by atoms with Crippen LogP contribution in [-0.4, -0.2) is 11.6 Å². The number of nitrogens with two attached hydrogens (primary N) is 1. The number of ether oxygens (including phenoxy) is 1. The molecule has 0 fully saturated rings. The second-order valence-electron chi connectivity index (χ2n) is 5.05. The van der Waals surface area contributed by atoms with E-state index in [0.717, 1.165) is 16.5 Å². The van der Waals surface area contributed by atoms with Gasteiger partial charge in [-0.3, -0.25) is 0 Å². The number of hydrogen-bond acceptors (Lipinski definition) is 3. The van der Waals surface area contributed by atoms with Gasteiger partial charge in [-0.15, -0.1) is 0 Å². The number of aromatic nitrogens is 1. The van der Waals surface area contributed by atoms with Gasteiger partial charge in [0, 0.05) is 17.5 Å². The average molecular weight is 258 g/mol. The first-order valence-corrected chi connectivity index (χ1v) is 6.96. The molecule has 19 heavy (non-hydrogen) atoms. The second-order valence-corrected chi connectivity index (χ2v) is 5.05. The molecule has 2 rings (SSSR count). The molecular weight excluding hydrogens is 236 g/mol. The molecule has 1 aromatic heterocycles. The molecule has 2 N–H and O–H groups in total. The summed E-state index contributed by atoms with van der Waals surface area (Å²) in [6.45, 7) is 5.55. The van der Waals surface area contributed by atoms with Crippen molar-refractivity contribution < 1.29 is 4.74 Å². The maximum atomic E-state index is 5.86. The quantitative estimate of drug-likeness (QED) is 0.862. The summed E-state index contributed by atoms with van der Waals surface area (Å²) in [5, 5.41) is 1.11. The Balaban J connectivity index is 2.21. The van der Waals surface area contributed by atoms with Gasteiger partial charge in [-0.2, -0.15) is 0 Å². The van der Waals surface area contributed by atoms with Crippen molar-refractivity contribution in [2.24, 2.45) is 11.7 Å². The standard InChI is InChI=1S/C16H22N2O/c1-3-6-12(2)11-19-16-14(10-17)9-13-7-4-5-8-15(13)18-16/h4-5,7-9,12H,3,6,10-11,17H2,1-2H3. The number of nitrogens with zero attached hydrogens (tertiary/aromatic N) is 1. The van der Waals surface area contributed by atoms with Crippen molar-refractivity contribution in [3.63, 3.8) is 0 Å². The van der Waals surface area contributed by atoms with Crippen LogP contribution in [0.4, 0.5) is 0 Å².